The minimum Gasteiger partial charge on any atom is -0.357 e. The van der Waals surface area contributed by atoms with Crippen molar-refractivity contribution in [3.8, 4) is 5.82 Å². The van der Waals surface area contributed by atoms with Gasteiger partial charge in [0.25, 0.3) is 0 Å². The van der Waals surface area contributed by atoms with E-state index in [-0.39, 0.29) is 0 Å². The Balaban J connectivity index is 2.49. The van der Waals surface area contributed by atoms with Gasteiger partial charge in [-0.05, 0) is 19.9 Å². The molecule has 15 heavy (non-hydrogen) atoms. The highest BCUT2D eigenvalue weighted by molar-refractivity contribution is 5.32. The summed E-state index contributed by atoms with van der Waals surface area (Å²) < 4.78 is 1.80. The van der Waals surface area contributed by atoms with E-state index in [2.05, 4.69) is 20.4 Å². The molecule has 5 nitrogen and oxygen atoms in total. The molecule has 2 aromatic heterocycles. The second kappa shape index (κ2) is 3.68. The quantitative estimate of drug-likeness (QED) is 0.799. The number of rotatable bonds is 2. The number of aryl methyl sites for hydroxylation is 2. The van der Waals surface area contributed by atoms with Crippen LogP contribution in [0.2, 0.25) is 0 Å². The molecule has 0 unspecified atom stereocenters. The van der Waals surface area contributed by atoms with E-state index in [9.17, 15) is 0 Å². The second-order valence-corrected chi connectivity index (χ2v) is 3.33. The Bertz CT molecular complexity index is 474. The zero-order valence-electron chi connectivity index (χ0n) is 9.02. The molecule has 0 aliphatic rings. The van der Waals surface area contributed by atoms with Crippen LogP contribution in [0.5, 0.6) is 0 Å². The van der Waals surface area contributed by atoms with Crippen molar-refractivity contribution in [1.29, 1.82) is 0 Å². The van der Waals surface area contributed by atoms with Gasteiger partial charge >= 0.3 is 0 Å². The number of nitrogens with one attached hydrogen (secondary N) is 1. The zero-order valence-corrected chi connectivity index (χ0v) is 9.02. The average molecular weight is 203 g/mol. The fourth-order valence-electron chi connectivity index (χ4n) is 1.45. The Morgan fingerprint density at radius 2 is 2.13 bits per heavy atom. The molecule has 0 radical (unpaired) electrons. The summed E-state index contributed by atoms with van der Waals surface area (Å²) in [7, 11) is 1.79. The molecule has 2 aromatic rings. The van der Waals surface area contributed by atoms with Crippen LogP contribution < -0.4 is 5.32 Å². The normalized spacial score (nSPS) is 10.3. The minimum atomic E-state index is 0.597. The standard InChI is InChI=1S/C10H13N5/c1-7-6-8(2)15(14-7)9-4-5-12-10(11-3)13-9/h4-6H,1-3H3,(H,11,12,13). The highest BCUT2D eigenvalue weighted by Crippen LogP contribution is 2.10. The van der Waals surface area contributed by atoms with Gasteiger partial charge in [0.2, 0.25) is 5.95 Å². The Labute approximate surface area is 88.2 Å². The van der Waals surface area contributed by atoms with Crippen molar-refractivity contribution in [2.45, 2.75) is 13.8 Å². The molecule has 5 heteroatoms. The lowest BCUT2D eigenvalue weighted by atomic mass is 10.4. The van der Waals surface area contributed by atoms with Gasteiger partial charge in [-0.15, -0.1) is 0 Å². The van der Waals surface area contributed by atoms with E-state index in [1.807, 2.05) is 26.0 Å². The molecule has 0 fully saturated rings. The van der Waals surface area contributed by atoms with Crippen LogP contribution in [0.15, 0.2) is 18.3 Å². The van der Waals surface area contributed by atoms with Gasteiger partial charge < -0.3 is 5.32 Å². The maximum Gasteiger partial charge on any atom is 0.224 e. The first-order valence-corrected chi connectivity index (χ1v) is 4.75. The molecule has 0 aliphatic carbocycles. The van der Waals surface area contributed by atoms with E-state index in [0.29, 0.717) is 5.95 Å². The fraction of sp³-hybridized carbons (Fsp3) is 0.300. The molecule has 2 heterocycles. The Kier molecular flexibility index (Phi) is 2.37. The largest absolute Gasteiger partial charge is 0.357 e. The first kappa shape index (κ1) is 9.64. The maximum absolute atomic E-state index is 4.35. The van der Waals surface area contributed by atoms with Crippen LogP contribution >= 0.6 is 0 Å². The summed E-state index contributed by atoms with van der Waals surface area (Å²) in [6.45, 7) is 3.96. The van der Waals surface area contributed by atoms with Crippen molar-refractivity contribution in [2.75, 3.05) is 12.4 Å². The second-order valence-electron chi connectivity index (χ2n) is 3.33. The monoisotopic (exact) mass is 203 g/mol. The third-order valence-electron chi connectivity index (χ3n) is 2.09. The highest BCUT2D eigenvalue weighted by atomic mass is 15.3. The summed E-state index contributed by atoms with van der Waals surface area (Å²) in [5.41, 5.74) is 2.05. The molecular weight excluding hydrogens is 190 g/mol. The topological polar surface area (TPSA) is 55.6 Å². The SMILES string of the molecule is CNc1nccc(-n2nc(C)cc2C)n1. The molecule has 0 aromatic carbocycles. The first-order chi connectivity index (χ1) is 7.20. The van der Waals surface area contributed by atoms with Crippen LogP contribution in [0, 0.1) is 13.8 Å². The molecule has 0 bridgehead atoms. The lowest BCUT2D eigenvalue weighted by Crippen LogP contribution is -2.05. The number of aromatic nitrogens is 4. The fourth-order valence-corrected chi connectivity index (χ4v) is 1.45. The third-order valence-corrected chi connectivity index (χ3v) is 2.09. The Morgan fingerprint density at radius 3 is 2.73 bits per heavy atom. The lowest BCUT2D eigenvalue weighted by molar-refractivity contribution is 0.802. The Morgan fingerprint density at radius 1 is 1.33 bits per heavy atom. The maximum atomic E-state index is 4.35. The number of hydrogen-bond acceptors (Lipinski definition) is 4. The van der Waals surface area contributed by atoms with Crippen LogP contribution in [0.1, 0.15) is 11.4 Å². The van der Waals surface area contributed by atoms with E-state index in [1.54, 1.807) is 17.9 Å². The summed E-state index contributed by atoms with van der Waals surface area (Å²) in [4.78, 5) is 8.37. The molecule has 2 rings (SSSR count). The molecular formula is C10H13N5. The van der Waals surface area contributed by atoms with Crippen LogP contribution in [-0.4, -0.2) is 26.8 Å². The van der Waals surface area contributed by atoms with Gasteiger partial charge in [-0.1, -0.05) is 0 Å². The molecule has 78 valence electrons. The summed E-state index contributed by atoms with van der Waals surface area (Å²) in [6, 6.07) is 3.85. The minimum absolute atomic E-state index is 0.597. The van der Waals surface area contributed by atoms with Gasteiger partial charge in [-0.2, -0.15) is 10.1 Å². The van der Waals surface area contributed by atoms with E-state index < -0.39 is 0 Å². The summed E-state index contributed by atoms with van der Waals surface area (Å²) >= 11 is 0. The van der Waals surface area contributed by atoms with Crippen LogP contribution in [0.4, 0.5) is 5.95 Å². The predicted molar refractivity (Wildman–Crippen MR) is 58.2 cm³/mol. The van der Waals surface area contributed by atoms with E-state index in [0.717, 1.165) is 17.2 Å². The molecule has 1 N–H and O–H groups in total. The lowest BCUT2D eigenvalue weighted by Gasteiger charge is -2.04. The van der Waals surface area contributed by atoms with Crippen LogP contribution in [-0.2, 0) is 0 Å². The van der Waals surface area contributed by atoms with Crippen molar-refractivity contribution >= 4 is 5.95 Å². The van der Waals surface area contributed by atoms with Gasteiger partial charge in [0.15, 0.2) is 5.82 Å². The van der Waals surface area contributed by atoms with Crippen molar-refractivity contribution in [3.63, 3.8) is 0 Å². The number of nitrogens with zero attached hydrogens (tertiary/aromatic N) is 4. The van der Waals surface area contributed by atoms with Gasteiger partial charge in [0.1, 0.15) is 0 Å². The predicted octanol–water partition coefficient (Wildman–Crippen LogP) is 1.32. The Hall–Kier alpha value is -1.91. The van der Waals surface area contributed by atoms with Gasteiger partial charge in [0.05, 0.1) is 5.69 Å². The summed E-state index contributed by atoms with van der Waals surface area (Å²) in [5.74, 6) is 1.38. The van der Waals surface area contributed by atoms with E-state index >= 15 is 0 Å². The molecule has 0 amide bonds. The van der Waals surface area contributed by atoms with Crippen molar-refractivity contribution in [3.05, 3.63) is 29.7 Å². The number of hydrogen-bond donors (Lipinski definition) is 1. The third kappa shape index (κ3) is 1.81. The van der Waals surface area contributed by atoms with Crippen molar-refractivity contribution in [1.82, 2.24) is 19.7 Å². The smallest absolute Gasteiger partial charge is 0.224 e. The van der Waals surface area contributed by atoms with Gasteiger partial charge in [0, 0.05) is 25.0 Å². The van der Waals surface area contributed by atoms with Crippen molar-refractivity contribution < 1.29 is 0 Å². The van der Waals surface area contributed by atoms with Gasteiger partial charge in [-0.3, -0.25) is 0 Å². The summed E-state index contributed by atoms with van der Waals surface area (Å²) in [5, 5.41) is 7.25. The molecule has 0 saturated heterocycles. The van der Waals surface area contributed by atoms with Crippen LogP contribution in [0.3, 0.4) is 0 Å². The molecule has 0 aliphatic heterocycles. The summed E-state index contributed by atoms with van der Waals surface area (Å²) in [6.07, 6.45) is 1.71. The molecule has 0 atom stereocenters. The van der Waals surface area contributed by atoms with E-state index in [1.165, 1.54) is 0 Å². The molecule has 0 spiro atoms. The van der Waals surface area contributed by atoms with Crippen LogP contribution in [0.25, 0.3) is 5.82 Å². The van der Waals surface area contributed by atoms with E-state index in [4.69, 9.17) is 0 Å². The first-order valence-electron chi connectivity index (χ1n) is 4.75. The average Bonchev–Trinajstić information content (AvgIpc) is 2.58. The highest BCUT2D eigenvalue weighted by Gasteiger charge is 2.05. The van der Waals surface area contributed by atoms with Crippen molar-refractivity contribution in [2.24, 2.45) is 0 Å². The molecule has 0 saturated carbocycles. The zero-order chi connectivity index (χ0) is 10.8. The van der Waals surface area contributed by atoms with Gasteiger partial charge in [-0.25, -0.2) is 9.67 Å². The number of anilines is 1.